The molecule has 3 aromatic rings. The highest BCUT2D eigenvalue weighted by atomic mass is 16.6. The van der Waals surface area contributed by atoms with Crippen LogP contribution in [0.25, 0.3) is 23.3 Å². The highest BCUT2D eigenvalue weighted by Crippen LogP contribution is 2.29. The molecule has 170 valence electrons. The molecule has 0 aliphatic carbocycles. The minimum atomic E-state index is -0.447. The van der Waals surface area contributed by atoms with Crippen LogP contribution < -0.4 is 20.7 Å². The molecule has 0 N–H and O–H groups in total. The maximum Gasteiger partial charge on any atom is 0.332 e. The number of carbonyl (C=O) groups is 1. The molecule has 0 radical (unpaired) electrons. The first-order chi connectivity index (χ1) is 15.3. The maximum absolute atomic E-state index is 13.0. The van der Waals surface area contributed by atoms with Gasteiger partial charge < -0.3 is 14.0 Å². The van der Waals surface area contributed by atoms with Crippen LogP contribution >= 0.6 is 0 Å². The third kappa shape index (κ3) is 4.37. The van der Waals surface area contributed by atoms with Gasteiger partial charge in [0.1, 0.15) is 5.82 Å². The molecule has 0 saturated carbocycles. The molecule has 9 nitrogen and oxygen atoms in total. The van der Waals surface area contributed by atoms with E-state index in [1.165, 1.54) is 18.6 Å². The van der Waals surface area contributed by atoms with Crippen molar-refractivity contribution in [3.05, 3.63) is 50.4 Å². The summed E-state index contributed by atoms with van der Waals surface area (Å²) in [4.78, 5) is 41.9. The van der Waals surface area contributed by atoms with Gasteiger partial charge in [-0.1, -0.05) is 26.0 Å². The van der Waals surface area contributed by atoms with Gasteiger partial charge in [0.05, 0.1) is 7.11 Å². The van der Waals surface area contributed by atoms with Gasteiger partial charge in [0, 0.05) is 27.1 Å². The molecule has 3 rings (SSSR count). The van der Waals surface area contributed by atoms with Crippen LogP contribution in [0.1, 0.15) is 45.0 Å². The summed E-state index contributed by atoms with van der Waals surface area (Å²) in [5, 5.41) is 0. The number of aryl methyl sites for hydroxylation is 2. The largest absolute Gasteiger partial charge is 0.493 e. The van der Waals surface area contributed by atoms with Gasteiger partial charge in [-0.2, -0.15) is 0 Å². The zero-order valence-electron chi connectivity index (χ0n) is 19.0. The molecular weight excluding hydrogens is 412 g/mol. The molecule has 0 fully saturated rings. The molecule has 32 heavy (non-hydrogen) atoms. The van der Waals surface area contributed by atoms with Crippen molar-refractivity contribution in [3.63, 3.8) is 0 Å². The molecule has 0 atom stereocenters. The zero-order chi connectivity index (χ0) is 23.4. The van der Waals surface area contributed by atoms with Crippen molar-refractivity contribution in [2.75, 3.05) is 7.11 Å². The number of fused-ring (bicyclic) bond motifs is 1. The van der Waals surface area contributed by atoms with Crippen LogP contribution in [-0.4, -0.2) is 31.8 Å². The first kappa shape index (κ1) is 23.1. The third-order valence-corrected chi connectivity index (χ3v) is 5.04. The smallest absolute Gasteiger partial charge is 0.332 e. The Morgan fingerprint density at radius 2 is 1.75 bits per heavy atom. The summed E-state index contributed by atoms with van der Waals surface area (Å²) >= 11 is 0. The van der Waals surface area contributed by atoms with Crippen molar-refractivity contribution in [1.82, 2.24) is 18.7 Å². The second kappa shape index (κ2) is 9.67. The summed E-state index contributed by atoms with van der Waals surface area (Å²) < 4.78 is 15.0. The fourth-order valence-corrected chi connectivity index (χ4v) is 3.58. The molecule has 0 saturated heterocycles. The summed E-state index contributed by atoms with van der Waals surface area (Å²) in [5.74, 6) is 0.837. The van der Waals surface area contributed by atoms with Gasteiger partial charge in [-0.15, -0.1) is 0 Å². The van der Waals surface area contributed by atoms with Crippen molar-refractivity contribution in [1.29, 1.82) is 0 Å². The minimum absolute atomic E-state index is 0.311. The molecule has 0 amide bonds. The van der Waals surface area contributed by atoms with Gasteiger partial charge in [-0.05, 0) is 36.6 Å². The fourth-order valence-electron chi connectivity index (χ4n) is 3.58. The number of imidazole rings is 1. The highest BCUT2D eigenvalue weighted by Gasteiger charge is 2.18. The zero-order valence-corrected chi connectivity index (χ0v) is 19.0. The standard InChI is InChI=1S/C23H28N4O5/c1-6-12-26-21-20(22(29)27(13-7-2)23(26)30)25(4)19(24-21)11-9-16-8-10-17(31-5)18(14-16)32-15(3)28/h8-11,14H,6-7,12-13H2,1-5H3/b11-9+. The quantitative estimate of drug-likeness (QED) is 0.395. The van der Waals surface area contributed by atoms with Crippen LogP contribution in [0.2, 0.25) is 0 Å². The number of esters is 1. The van der Waals surface area contributed by atoms with Crippen molar-refractivity contribution in [2.45, 2.75) is 46.7 Å². The lowest BCUT2D eigenvalue weighted by atomic mass is 10.2. The van der Waals surface area contributed by atoms with Crippen LogP contribution in [0.3, 0.4) is 0 Å². The van der Waals surface area contributed by atoms with Gasteiger partial charge in [-0.25, -0.2) is 9.78 Å². The second-order valence-corrected chi connectivity index (χ2v) is 7.43. The Morgan fingerprint density at radius 3 is 2.38 bits per heavy atom. The van der Waals surface area contributed by atoms with Crippen molar-refractivity contribution in [2.24, 2.45) is 7.05 Å². The van der Waals surface area contributed by atoms with Crippen LogP contribution in [0.15, 0.2) is 27.8 Å². The molecule has 9 heteroatoms. The van der Waals surface area contributed by atoms with Gasteiger partial charge in [0.25, 0.3) is 5.56 Å². The molecule has 0 aliphatic rings. The molecule has 1 aromatic carbocycles. The lowest BCUT2D eigenvalue weighted by Gasteiger charge is -2.10. The van der Waals surface area contributed by atoms with Crippen molar-refractivity contribution >= 4 is 29.3 Å². The van der Waals surface area contributed by atoms with Crippen LogP contribution in [0.5, 0.6) is 11.5 Å². The van der Waals surface area contributed by atoms with Crippen LogP contribution in [0.4, 0.5) is 0 Å². The molecule has 0 unspecified atom stereocenters. The lowest BCUT2D eigenvalue weighted by molar-refractivity contribution is -0.132. The average molecular weight is 441 g/mol. The Labute approximate surface area is 185 Å². The highest BCUT2D eigenvalue weighted by molar-refractivity contribution is 5.77. The summed E-state index contributed by atoms with van der Waals surface area (Å²) in [5.41, 5.74) is 0.855. The number of hydrogen-bond acceptors (Lipinski definition) is 6. The van der Waals surface area contributed by atoms with Crippen LogP contribution in [-0.2, 0) is 24.9 Å². The first-order valence-corrected chi connectivity index (χ1v) is 10.6. The van der Waals surface area contributed by atoms with E-state index in [9.17, 15) is 14.4 Å². The Morgan fingerprint density at radius 1 is 1.06 bits per heavy atom. The van der Waals surface area contributed by atoms with E-state index in [0.29, 0.717) is 48.0 Å². The van der Waals surface area contributed by atoms with E-state index < -0.39 is 5.97 Å². The Bertz CT molecular complexity index is 1300. The van der Waals surface area contributed by atoms with Gasteiger partial charge in [-0.3, -0.25) is 18.7 Å². The normalized spacial score (nSPS) is 11.4. The van der Waals surface area contributed by atoms with Crippen LogP contribution in [0, 0.1) is 0 Å². The number of ether oxygens (including phenoxy) is 2. The monoisotopic (exact) mass is 440 g/mol. The summed E-state index contributed by atoms with van der Waals surface area (Å²) in [6.07, 6.45) is 4.97. The SMILES string of the molecule is CCCn1c(=O)c2c(nc(/C=C/c3ccc(OC)c(OC(C)=O)c3)n2C)n(CCC)c1=O. The number of nitrogens with zero attached hydrogens (tertiary/aromatic N) is 4. The third-order valence-electron chi connectivity index (χ3n) is 5.04. The molecule has 2 aromatic heterocycles. The number of hydrogen-bond donors (Lipinski definition) is 0. The van der Waals surface area contributed by atoms with E-state index in [2.05, 4.69) is 4.98 Å². The Kier molecular flexibility index (Phi) is 6.97. The molecular formula is C23H28N4O5. The number of benzene rings is 1. The minimum Gasteiger partial charge on any atom is -0.493 e. The van der Waals surface area contributed by atoms with Gasteiger partial charge in [0.15, 0.2) is 22.7 Å². The molecule has 2 heterocycles. The summed E-state index contributed by atoms with van der Waals surface area (Å²) in [7, 11) is 3.25. The first-order valence-electron chi connectivity index (χ1n) is 10.6. The topological polar surface area (TPSA) is 97.4 Å². The van der Waals surface area contributed by atoms with E-state index in [1.807, 2.05) is 19.9 Å². The van der Waals surface area contributed by atoms with Gasteiger partial charge in [0.2, 0.25) is 0 Å². The number of methoxy groups -OCH3 is 1. The molecule has 0 aliphatic heterocycles. The maximum atomic E-state index is 13.0. The Hall–Kier alpha value is -3.62. The average Bonchev–Trinajstić information content (AvgIpc) is 3.08. The van der Waals surface area contributed by atoms with E-state index >= 15 is 0 Å². The predicted molar refractivity (Wildman–Crippen MR) is 123 cm³/mol. The van der Waals surface area contributed by atoms with Crippen molar-refractivity contribution < 1.29 is 14.3 Å². The summed E-state index contributed by atoms with van der Waals surface area (Å²) in [6.45, 7) is 6.06. The molecule has 0 spiro atoms. The lowest BCUT2D eigenvalue weighted by Crippen LogP contribution is -2.40. The van der Waals surface area contributed by atoms with E-state index in [-0.39, 0.29) is 11.2 Å². The van der Waals surface area contributed by atoms with Crippen molar-refractivity contribution in [3.8, 4) is 11.5 Å². The predicted octanol–water partition coefficient (Wildman–Crippen LogP) is 2.82. The number of rotatable bonds is 8. The number of carbonyl (C=O) groups excluding carboxylic acids is 1. The van der Waals surface area contributed by atoms with Gasteiger partial charge >= 0.3 is 11.7 Å². The van der Waals surface area contributed by atoms with E-state index in [0.717, 1.165) is 12.0 Å². The van der Waals surface area contributed by atoms with E-state index in [4.69, 9.17) is 9.47 Å². The Balaban J connectivity index is 2.12. The second-order valence-electron chi connectivity index (χ2n) is 7.43. The molecule has 0 bridgehead atoms. The fraction of sp³-hybridized carbons (Fsp3) is 0.391. The number of aromatic nitrogens is 4. The van der Waals surface area contributed by atoms with E-state index in [1.54, 1.807) is 40.5 Å². The summed E-state index contributed by atoms with van der Waals surface area (Å²) in [6, 6.07) is 5.20.